The smallest absolute Gasteiger partial charge is 0.126 e. The molecule has 106 valence electrons. The molecule has 0 spiro atoms. The molecule has 0 aliphatic carbocycles. The minimum Gasteiger partial charge on any atom is -0.396 e. The zero-order chi connectivity index (χ0) is 15.0. The van der Waals surface area contributed by atoms with Gasteiger partial charge in [0.05, 0.1) is 17.6 Å². The van der Waals surface area contributed by atoms with Crippen LogP contribution in [0.15, 0.2) is 53.1 Å². The molecule has 3 rings (SSSR count). The molecule has 3 nitrogen and oxygen atoms in total. The maximum Gasteiger partial charge on any atom is 0.126 e. The van der Waals surface area contributed by atoms with Crippen LogP contribution in [0.2, 0.25) is 0 Å². The summed E-state index contributed by atoms with van der Waals surface area (Å²) in [6, 6.07) is 12.7. The largest absolute Gasteiger partial charge is 0.396 e. The number of halogens is 2. The first-order valence-corrected chi connectivity index (χ1v) is 7.21. The average Bonchev–Trinajstić information content (AvgIpc) is 2.84. The van der Waals surface area contributed by atoms with Gasteiger partial charge in [0.2, 0.25) is 0 Å². The number of hydrogen-bond acceptors (Lipinski definition) is 2. The van der Waals surface area contributed by atoms with Gasteiger partial charge in [-0.3, -0.25) is 0 Å². The normalized spacial score (nSPS) is 10.8. The zero-order valence-corrected chi connectivity index (χ0v) is 12.9. The number of nitrogens with two attached hydrogens (primary N) is 1. The van der Waals surface area contributed by atoms with Crippen LogP contribution in [0.25, 0.3) is 16.9 Å². The minimum absolute atomic E-state index is 0.260. The fraction of sp³-hybridized carbons (Fsp3) is 0.0625. The Morgan fingerprint density at radius 2 is 2.00 bits per heavy atom. The number of aryl methyl sites for hydroxylation is 1. The first kappa shape index (κ1) is 13.8. The fourth-order valence-corrected chi connectivity index (χ4v) is 2.49. The Morgan fingerprint density at radius 3 is 2.71 bits per heavy atom. The van der Waals surface area contributed by atoms with Crippen LogP contribution >= 0.6 is 15.9 Å². The van der Waals surface area contributed by atoms with Crippen molar-refractivity contribution >= 4 is 21.6 Å². The second kappa shape index (κ2) is 5.33. The van der Waals surface area contributed by atoms with E-state index in [9.17, 15) is 4.39 Å². The average molecular weight is 346 g/mol. The zero-order valence-electron chi connectivity index (χ0n) is 11.3. The molecule has 1 aromatic heterocycles. The maximum atomic E-state index is 13.7. The predicted molar refractivity (Wildman–Crippen MR) is 85.8 cm³/mol. The summed E-state index contributed by atoms with van der Waals surface area (Å²) >= 11 is 3.43. The van der Waals surface area contributed by atoms with Crippen LogP contribution in [-0.2, 0) is 0 Å². The van der Waals surface area contributed by atoms with Crippen LogP contribution < -0.4 is 5.73 Å². The summed E-state index contributed by atoms with van der Waals surface area (Å²) in [5.74, 6) is -0.260. The molecular formula is C16H13BrFN3. The van der Waals surface area contributed by atoms with Gasteiger partial charge in [0, 0.05) is 10.0 Å². The molecule has 0 atom stereocenters. The number of anilines is 1. The monoisotopic (exact) mass is 345 g/mol. The van der Waals surface area contributed by atoms with Gasteiger partial charge in [0.25, 0.3) is 0 Å². The summed E-state index contributed by atoms with van der Waals surface area (Å²) in [7, 11) is 0. The third-order valence-electron chi connectivity index (χ3n) is 3.26. The summed E-state index contributed by atoms with van der Waals surface area (Å²) in [5, 5.41) is 4.47. The van der Waals surface area contributed by atoms with Crippen molar-refractivity contribution in [3.63, 3.8) is 0 Å². The molecule has 0 radical (unpaired) electrons. The number of aromatic nitrogens is 2. The van der Waals surface area contributed by atoms with E-state index in [1.54, 1.807) is 23.9 Å². The molecular weight excluding hydrogens is 333 g/mol. The van der Waals surface area contributed by atoms with E-state index in [0.717, 1.165) is 10.2 Å². The topological polar surface area (TPSA) is 43.8 Å². The van der Waals surface area contributed by atoms with Gasteiger partial charge in [-0.25, -0.2) is 9.07 Å². The molecule has 3 aromatic rings. The highest BCUT2D eigenvalue weighted by molar-refractivity contribution is 9.10. The van der Waals surface area contributed by atoms with Gasteiger partial charge in [-0.15, -0.1) is 0 Å². The van der Waals surface area contributed by atoms with E-state index in [-0.39, 0.29) is 5.82 Å². The molecule has 2 aromatic carbocycles. The van der Waals surface area contributed by atoms with E-state index in [2.05, 4.69) is 21.0 Å². The molecule has 5 heteroatoms. The highest BCUT2D eigenvalue weighted by atomic mass is 79.9. The molecule has 0 aliphatic heterocycles. The second-order valence-electron chi connectivity index (χ2n) is 4.82. The summed E-state index contributed by atoms with van der Waals surface area (Å²) < 4.78 is 16.3. The van der Waals surface area contributed by atoms with Gasteiger partial charge in [0.1, 0.15) is 11.5 Å². The van der Waals surface area contributed by atoms with Crippen molar-refractivity contribution in [2.24, 2.45) is 0 Å². The Kier molecular flexibility index (Phi) is 3.51. The lowest BCUT2D eigenvalue weighted by molar-refractivity contribution is 0.619. The van der Waals surface area contributed by atoms with Crippen LogP contribution in [-0.4, -0.2) is 9.78 Å². The molecule has 0 fully saturated rings. The molecule has 0 bridgehead atoms. The molecule has 0 aliphatic rings. The van der Waals surface area contributed by atoms with E-state index in [1.165, 1.54) is 6.07 Å². The molecule has 0 unspecified atom stereocenters. The number of nitrogen functional groups attached to an aromatic ring is 1. The standard InChI is InChI=1S/C16H13BrFN3/c1-10-5-6-11(7-14(10)18)16-15(19)9-21(20-16)13-4-2-3-12(17)8-13/h2-9H,19H2,1H3. The lowest BCUT2D eigenvalue weighted by Gasteiger charge is -2.02. The Labute approximate surface area is 130 Å². The van der Waals surface area contributed by atoms with E-state index in [0.29, 0.717) is 22.5 Å². The Morgan fingerprint density at radius 1 is 1.19 bits per heavy atom. The van der Waals surface area contributed by atoms with Crippen molar-refractivity contribution in [1.82, 2.24) is 9.78 Å². The van der Waals surface area contributed by atoms with Crippen LogP contribution in [0.5, 0.6) is 0 Å². The van der Waals surface area contributed by atoms with Crippen molar-refractivity contribution in [2.75, 3.05) is 5.73 Å². The highest BCUT2D eigenvalue weighted by Gasteiger charge is 2.11. The molecule has 1 heterocycles. The quantitative estimate of drug-likeness (QED) is 0.751. The van der Waals surface area contributed by atoms with Crippen molar-refractivity contribution in [3.8, 4) is 16.9 Å². The molecule has 2 N–H and O–H groups in total. The molecule has 21 heavy (non-hydrogen) atoms. The summed E-state index contributed by atoms with van der Waals surface area (Å²) in [5.41, 5.74) is 9.26. The summed E-state index contributed by atoms with van der Waals surface area (Å²) in [6.45, 7) is 1.72. The highest BCUT2D eigenvalue weighted by Crippen LogP contribution is 2.27. The first-order chi connectivity index (χ1) is 10.0. The third-order valence-corrected chi connectivity index (χ3v) is 3.75. The van der Waals surface area contributed by atoms with Gasteiger partial charge < -0.3 is 5.73 Å². The van der Waals surface area contributed by atoms with Crippen molar-refractivity contribution in [2.45, 2.75) is 6.92 Å². The lowest BCUT2D eigenvalue weighted by Crippen LogP contribution is -1.94. The Balaban J connectivity index is 2.07. The van der Waals surface area contributed by atoms with E-state index >= 15 is 0 Å². The van der Waals surface area contributed by atoms with Crippen LogP contribution in [0.1, 0.15) is 5.56 Å². The molecule has 0 saturated heterocycles. The number of nitrogens with zero attached hydrogens (tertiary/aromatic N) is 2. The summed E-state index contributed by atoms with van der Waals surface area (Å²) in [4.78, 5) is 0. The maximum absolute atomic E-state index is 13.7. The van der Waals surface area contributed by atoms with E-state index in [1.807, 2.05) is 30.3 Å². The second-order valence-corrected chi connectivity index (χ2v) is 5.74. The van der Waals surface area contributed by atoms with Gasteiger partial charge >= 0.3 is 0 Å². The van der Waals surface area contributed by atoms with Crippen molar-refractivity contribution in [1.29, 1.82) is 0 Å². The third kappa shape index (κ3) is 2.69. The Hall–Kier alpha value is -2.14. The van der Waals surface area contributed by atoms with Crippen LogP contribution in [0.3, 0.4) is 0 Å². The van der Waals surface area contributed by atoms with Gasteiger partial charge in [0.15, 0.2) is 0 Å². The number of hydrogen-bond donors (Lipinski definition) is 1. The predicted octanol–water partition coefficient (Wildman–Crippen LogP) is 4.33. The van der Waals surface area contributed by atoms with Crippen molar-refractivity contribution < 1.29 is 4.39 Å². The van der Waals surface area contributed by atoms with Gasteiger partial charge in [-0.1, -0.05) is 34.1 Å². The SMILES string of the molecule is Cc1ccc(-c2nn(-c3cccc(Br)c3)cc2N)cc1F. The minimum atomic E-state index is -0.260. The van der Waals surface area contributed by atoms with Gasteiger partial charge in [-0.2, -0.15) is 5.10 Å². The molecule has 0 amide bonds. The van der Waals surface area contributed by atoms with E-state index in [4.69, 9.17) is 5.73 Å². The van der Waals surface area contributed by atoms with Crippen molar-refractivity contribution in [3.05, 3.63) is 64.5 Å². The number of benzene rings is 2. The number of rotatable bonds is 2. The lowest BCUT2D eigenvalue weighted by atomic mass is 10.1. The Bertz CT molecular complexity index is 811. The summed E-state index contributed by atoms with van der Waals surface area (Å²) in [6.07, 6.45) is 1.73. The first-order valence-electron chi connectivity index (χ1n) is 6.42. The van der Waals surface area contributed by atoms with E-state index < -0.39 is 0 Å². The fourth-order valence-electron chi connectivity index (χ4n) is 2.10. The van der Waals surface area contributed by atoms with Crippen LogP contribution in [0.4, 0.5) is 10.1 Å². The van der Waals surface area contributed by atoms with Crippen LogP contribution in [0, 0.1) is 12.7 Å². The molecule has 0 saturated carbocycles. The van der Waals surface area contributed by atoms with Gasteiger partial charge in [-0.05, 0) is 36.8 Å².